The lowest BCUT2D eigenvalue weighted by molar-refractivity contribution is -0.0517. The minimum atomic E-state index is -0.271. The Balaban J connectivity index is 1.86. The number of allylic oxidation sites excluding steroid dienone is 1. The summed E-state index contributed by atoms with van der Waals surface area (Å²) in [5.41, 5.74) is 5.33. The van der Waals surface area contributed by atoms with Crippen LogP contribution < -0.4 is 0 Å². The Morgan fingerprint density at radius 2 is 1.73 bits per heavy atom. The van der Waals surface area contributed by atoms with Gasteiger partial charge in [-0.15, -0.1) is 0 Å². The van der Waals surface area contributed by atoms with Crippen LogP contribution in [0.1, 0.15) is 43.1 Å². The largest absolute Gasteiger partial charge is 0.357 e. The van der Waals surface area contributed by atoms with Gasteiger partial charge in [0.25, 0.3) is 0 Å². The first kappa shape index (κ1) is 12.7. The summed E-state index contributed by atoms with van der Waals surface area (Å²) in [6.07, 6.45) is 3.78. The average Bonchev–Trinajstić information content (AvgIpc) is 2.96. The van der Waals surface area contributed by atoms with Crippen LogP contribution in [0.25, 0.3) is 5.57 Å². The molecule has 2 aliphatic heterocycles. The molecule has 0 saturated carbocycles. The summed E-state index contributed by atoms with van der Waals surface area (Å²) in [5, 5.41) is 0. The Morgan fingerprint density at radius 3 is 2.55 bits per heavy atom. The van der Waals surface area contributed by atoms with E-state index in [-0.39, 0.29) is 17.1 Å². The topological polar surface area (TPSA) is 9.23 Å². The molecule has 4 atom stereocenters. The second-order valence-electron chi connectivity index (χ2n) is 7.23. The Bertz CT molecular complexity index is 791. The maximum Gasteiger partial charge on any atom is 0.125 e. The Labute approximate surface area is 131 Å². The van der Waals surface area contributed by atoms with Crippen molar-refractivity contribution in [2.75, 3.05) is 0 Å². The van der Waals surface area contributed by atoms with Gasteiger partial charge in [0.2, 0.25) is 0 Å². The van der Waals surface area contributed by atoms with E-state index in [0.29, 0.717) is 5.92 Å². The summed E-state index contributed by atoms with van der Waals surface area (Å²) >= 11 is 0. The molecule has 3 aliphatic rings. The number of ether oxygens (including phenoxy) is 1. The SMILES string of the molecule is CC1C=C2c3ccccc3C3CC1(C)C2(c1ccccc1)O3. The lowest BCUT2D eigenvalue weighted by Crippen LogP contribution is -2.41. The molecule has 110 valence electrons. The summed E-state index contributed by atoms with van der Waals surface area (Å²) < 4.78 is 6.79. The van der Waals surface area contributed by atoms with Gasteiger partial charge in [-0.3, -0.25) is 0 Å². The van der Waals surface area contributed by atoms with E-state index in [4.69, 9.17) is 4.74 Å². The third-order valence-electron chi connectivity index (χ3n) is 6.31. The monoisotopic (exact) mass is 288 g/mol. The third-order valence-corrected chi connectivity index (χ3v) is 6.31. The lowest BCUT2D eigenvalue weighted by atomic mass is 9.65. The van der Waals surface area contributed by atoms with Gasteiger partial charge in [0, 0.05) is 5.41 Å². The molecule has 22 heavy (non-hydrogen) atoms. The van der Waals surface area contributed by atoms with Crippen molar-refractivity contribution < 1.29 is 4.74 Å². The van der Waals surface area contributed by atoms with Crippen LogP contribution in [0.2, 0.25) is 0 Å². The van der Waals surface area contributed by atoms with Crippen LogP contribution in [0.15, 0.2) is 60.7 Å². The van der Waals surface area contributed by atoms with E-state index < -0.39 is 0 Å². The van der Waals surface area contributed by atoms with Crippen molar-refractivity contribution in [1.82, 2.24) is 0 Å². The minimum Gasteiger partial charge on any atom is -0.357 e. The molecule has 5 rings (SSSR count). The van der Waals surface area contributed by atoms with Gasteiger partial charge in [0.15, 0.2) is 0 Å². The highest BCUT2D eigenvalue weighted by atomic mass is 16.5. The van der Waals surface area contributed by atoms with Gasteiger partial charge in [0.05, 0.1) is 6.10 Å². The van der Waals surface area contributed by atoms with Crippen LogP contribution in [0.3, 0.4) is 0 Å². The summed E-state index contributed by atoms with van der Waals surface area (Å²) in [6, 6.07) is 19.6. The number of fused-ring (bicyclic) bond motifs is 4. The second-order valence-corrected chi connectivity index (χ2v) is 7.23. The summed E-state index contributed by atoms with van der Waals surface area (Å²) in [4.78, 5) is 0. The van der Waals surface area contributed by atoms with Crippen LogP contribution in [-0.4, -0.2) is 0 Å². The molecule has 2 aromatic carbocycles. The molecule has 0 N–H and O–H groups in total. The lowest BCUT2D eigenvalue weighted by Gasteiger charge is -2.43. The van der Waals surface area contributed by atoms with E-state index in [2.05, 4.69) is 74.5 Å². The highest BCUT2D eigenvalue weighted by Gasteiger charge is 2.67. The molecule has 1 nitrogen and oxygen atoms in total. The number of hydrogen-bond acceptors (Lipinski definition) is 1. The molecule has 4 unspecified atom stereocenters. The zero-order chi connectivity index (χ0) is 14.9. The summed E-state index contributed by atoms with van der Waals surface area (Å²) in [6.45, 7) is 4.77. The fraction of sp³-hybridized carbons (Fsp3) is 0.333. The van der Waals surface area contributed by atoms with Gasteiger partial charge < -0.3 is 4.74 Å². The van der Waals surface area contributed by atoms with E-state index in [1.807, 2.05) is 0 Å². The van der Waals surface area contributed by atoms with E-state index in [0.717, 1.165) is 6.42 Å². The molecule has 0 aromatic heterocycles. The summed E-state index contributed by atoms with van der Waals surface area (Å²) in [7, 11) is 0. The fourth-order valence-corrected chi connectivity index (χ4v) is 5.05. The van der Waals surface area contributed by atoms with Crippen molar-refractivity contribution in [2.45, 2.75) is 32.0 Å². The van der Waals surface area contributed by atoms with Crippen LogP contribution in [0, 0.1) is 11.3 Å². The third kappa shape index (κ3) is 1.22. The number of rotatable bonds is 1. The van der Waals surface area contributed by atoms with E-state index in [9.17, 15) is 0 Å². The predicted octanol–water partition coefficient (Wildman–Crippen LogP) is 5.10. The van der Waals surface area contributed by atoms with Crippen LogP contribution in [0.4, 0.5) is 0 Å². The second kappa shape index (κ2) is 3.91. The van der Waals surface area contributed by atoms with E-state index >= 15 is 0 Å². The highest BCUT2D eigenvalue weighted by Crippen LogP contribution is 2.72. The molecule has 0 amide bonds. The van der Waals surface area contributed by atoms with Crippen LogP contribution >= 0.6 is 0 Å². The normalized spacial score (nSPS) is 37.8. The molecule has 1 aliphatic carbocycles. The highest BCUT2D eigenvalue weighted by molar-refractivity contribution is 5.82. The first-order chi connectivity index (χ1) is 10.7. The smallest absolute Gasteiger partial charge is 0.125 e. The van der Waals surface area contributed by atoms with Gasteiger partial charge >= 0.3 is 0 Å². The van der Waals surface area contributed by atoms with E-state index in [1.54, 1.807) is 0 Å². The van der Waals surface area contributed by atoms with Gasteiger partial charge in [0.1, 0.15) is 5.60 Å². The molecule has 2 aromatic rings. The Hall–Kier alpha value is -1.86. The molecule has 2 heterocycles. The van der Waals surface area contributed by atoms with Gasteiger partial charge in [-0.05, 0) is 34.6 Å². The molecule has 0 radical (unpaired) electrons. The van der Waals surface area contributed by atoms with Crippen molar-refractivity contribution >= 4 is 5.57 Å². The molecule has 1 saturated heterocycles. The minimum absolute atomic E-state index is 0.132. The Kier molecular flexibility index (Phi) is 2.25. The van der Waals surface area contributed by atoms with Crippen molar-refractivity contribution in [3.8, 4) is 0 Å². The molecule has 1 heteroatoms. The quantitative estimate of drug-likeness (QED) is 0.709. The van der Waals surface area contributed by atoms with Crippen molar-refractivity contribution in [1.29, 1.82) is 0 Å². The average molecular weight is 288 g/mol. The van der Waals surface area contributed by atoms with Gasteiger partial charge in [-0.1, -0.05) is 74.5 Å². The standard InChI is InChI=1S/C21H20O/c1-14-12-18-16-10-6-7-11-17(16)19-13-20(14,2)21(18,22-19)15-8-4-3-5-9-15/h3-12,14,19H,13H2,1-2H3. The van der Waals surface area contributed by atoms with Crippen molar-refractivity contribution in [3.63, 3.8) is 0 Å². The molecule has 2 bridgehead atoms. The predicted molar refractivity (Wildman–Crippen MR) is 88.3 cm³/mol. The number of benzene rings is 2. The van der Waals surface area contributed by atoms with E-state index in [1.165, 1.54) is 22.3 Å². The van der Waals surface area contributed by atoms with Gasteiger partial charge in [-0.25, -0.2) is 0 Å². The van der Waals surface area contributed by atoms with Crippen LogP contribution in [-0.2, 0) is 10.3 Å². The molecule has 1 fully saturated rings. The first-order valence-corrected chi connectivity index (χ1v) is 8.22. The van der Waals surface area contributed by atoms with Crippen LogP contribution in [0.5, 0.6) is 0 Å². The summed E-state index contributed by atoms with van der Waals surface area (Å²) in [5.74, 6) is 0.529. The maximum absolute atomic E-state index is 6.79. The zero-order valence-electron chi connectivity index (χ0n) is 13.0. The first-order valence-electron chi connectivity index (χ1n) is 8.22. The number of hydrogen-bond donors (Lipinski definition) is 0. The van der Waals surface area contributed by atoms with Crippen molar-refractivity contribution in [2.24, 2.45) is 11.3 Å². The zero-order valence-corrected chi connectivity index (χ0v) is 13.0. The maximum atomic E-state index is 6.79. The van der Waals surface area contributed by atoms with Gasteiger partial charge in [-0.2, -0.15) is 0 Å². The Morgan fingerprint density at radius 1 is 1.00 bits per heavy atom. The molecular weight excluding hydrogens is 268 g/mol. The fourth-order valence-electron chi connectivity index (χ4n) is 5.05. The molecule has 0 spiro atoms. The molecular formula is C21H20O. The van der Waals surface area contributed by atoms with Crippen molar-refractivity contribution in [3.05, 3.63) is 77.4 Å².